The quantitative estimate of drug-likeness (QED) is 0.757. The number of nitrogens with one attached hydrogen (secondary N) is 2. The summed E-state index contributed by atoms with van der Waals surface area (Å²) in [5, 5.41) is 5.44. The van der Waals surface area contributed by atoms with Gasteiger partial charge < -0.3 is 16.4 Å². The number of nitrogens with two attached hydrogens (primary N) is 1. The number of aryl methyl sites for hydroxylation is 1. The summed E-state index contributed by atoms with van der Waals surface area (Å²) in [6, 6.07) is 12.2. The van der Waals surface area contributed by atoms with Crippen molar-refractivity contribution >= 4 is 28.9 Å². The molecule has 0 bridgehead atoms. The summed E-state index contributed by atoms with van der Waals surface area (Å²) in [6.07, 6.45) is 0. The second-order valence-electron chi connectivity index (χ2n) is 4.75. The Morgan fingerprint density at radius 1 is 0.952 bits per heavy atom. The lowest BCUT2D eigenvalue weighted by molar-refractivity contribution is -0.114. The summed E-state index contributed by atoms with van der Waals surface area (Å²) in [5.74, 6) is -0.400. The molecule has 0 aliphatic carbocycles. The maximum atomic E-state index is 12.2. The molecule has 0 unspecified atom stereocenters. The molecule has 4 N–H and O–H groups in total. The molecule has 0 atom stereocenters. The van der Waals surface area contributed by atoms with E-state index in [9.17, 15) is 9.59 Å². The Labute approximate surface area is 123 Å². The number of nitrogen functional groups attached to an aromatic ring is 1. The van der Waals surface area contributed by atoms with Gasteiger partial charge in [0.25, 0.3) is 5.91 Å². The van der Waals surface area contributed by atoms with Crippen molar-refractivity contribution < 1.29 is 9.59 Å². The van der Waals surface area contributed by atoms with Gasteiger partial charge in [0.1, 0.15) is 0 Å². The third-order valence-electron chi connectivity index (χ3n) is 3.03. The first-order chi connectivity index (χ1) is 9.97. The summed E-state index contributed by atoms with van der Waals surface area (Å²) in [5.41, 5.74) is 9.01. The maximum Gasteiger partial charge on any atom is 0.257 e. The van der Waals surface area contributed by atoms with Crippen molar-refractivity contribution in [2.24, 2.45) is 0 Å². The predicted molar refractivity (Wildman–Crippen MR) is 84.3 cm³/mol. The summed E-state index contributed by atoms with van der Waals surface area (Å²) < 4.78 is 0. The highest BCUT2D eigenvalue weighted by atomic mass is 16.2. The first-order valence-electron chi connectivity index (χ1n) is 6.51. The molecule has 0 fully saturated rings. The van der Waals surface area contributed by atoms with E-state index in [4.69, 9.17) is 5.73 Å². The van der Waals surface area contributed by atoms with Crippen LogP contribution in [0.25, 0.3) is 0 Å². The molecular formula is C16H17N3O2. The molecule has 0 saturated carbocycles. The van der Waals surface area contributed by atoms with Crippen LogP contribution < -0.4 is 16.4 Å². The van der Waals surface area contributed by atoms with Gasteiger partial charge in [0, 0.05) is 24.0 Å². The molecule has 0 spiro atoms. The predicted octanol–water partition coefficient (Wildman–Crippen LogP) is 2.79. The lowest BCUT2D eigenvalue weighted by atomic mass is 10.1. The fraction of sp³-hybridized carbons (Fsp3) is 0.125. The number of para-hydroxylation sites is 1. The first-order valence-corrected chi connectivity index (χ1v) is 6.51. The maximum absolute atomic E-state index is 12.2. The highest BCUT2D eigenvalue weighted by molar-refractivity contribution is 6.08. The second-order valence-corrected chi connectivity index (χ2v) is 4.75. The van der Waals surface area contributed by atoms with Crippen LogP contribution in [0.3, 0.4) is 0 Å². The lowest BCUT2D eigenvalue weighted by Gasteiger charge is -2.10. The monoisotopic (exact) mass is 283 g/mol. The summed E-state index contributed by atoms with van der Waals surface area (Å²) >= 11 is 0. The molecule has 0 aliphatic heterocycles. The molecular weight excluding hydrogens is 266 g/mol. The standard InChI is InChI=1S/C16H17N3O2/c1-10-4-3-5-14(15(10)17)16(21)19-13-8-6-12(7-9-13)18-11(2)20/h3-9H,17H2,1-2H3,(H,18,20)(H,19,21). The molecule has 2 aromatic rings. The molecule has 0 aliphatic rings. The van der Waals surface area contributed by atoms with Gasteiger partial charge in [0.2, 0.25) is 5.91 Å². The first kappa shape index (κ1) is 14.6. The van der Waals surface area contributed by atoms with Gasteiger partial charge in [-0.3, -0.25) is 9.59 Å². The van der Waals surface area contributed by atoms with E-state index in [-0.39, 0.29) is 11.8 Å². The van der Waals surface area contributed by atoms with E-state index in [1.165, 1.54) is 6.92 Å². The van der Waals surface area contributed by atoms with Gasteiger partial charge in [-0.25, -0.2) is 0 Å². The lowest BCUT2D eigenvalue weighted by Crippen LogP contribution is -2.14. The van der Waals surface area contributed by atoms with Crippen LogP contribution in [0, 0.1) is 6.92 Å². The molecule has 2 amide bonds. The van der Waals surface area contributed by atoms with Crippen LogP contribution in [0.1, 0.15) is 22.8 Å². The van der Waals surface area contributed by atoms with E-state index in [0.717, 1.165) is 5.56 Å². The molecule has 5 heteroatoms. The van der Waals surface area contributed by atoms with Gasteiger partial charge >= 0.3 is 0 Å². The Hall–Kier alpha value is -2.82. The molecule has 2 rings (SSSR count). The van der Waals surface area contributed by atoms with Gasteiger partial charge in [-0.15, -0.1) is 0 Å². The number of rotatable bonds is 3. The largest absolute Gasteiger partial charge is 0.398 e. The Morgan fingerprint density at radius 3 is 2.10 bits per heavy atom. The fourth-order valence-corrected chi connectivity index (χ4v) is 1.92. The van der Waals surface area contributed by atoms with Gasteiger partial charge in [-0.1, -0.05) is 12.1 Å². The molecule has 2 aromatic carbocycles. The van der Waals surface area contributed by atoms with Crippen LogP contribution in [-0.4, -0.2) is 11.8 Å². The molecule has 5 nitrogen and oxygen atoms in total. The van der Waals surface area contributed by atoms with E-state index in [1.807, 2.05) is 13.0 Å². The van der Waals surface area contributed by atoms with Crippen molar-refractivity contribution in [3.63, 3.8) is 0 Å². The van der Waals surface area contributed by atoms with Crippen LogP contribution in [0.15, 0.2) is 42.5 Å². The Bertz CT molecular complexity index is 678. The van der Waals surface area contributed by atoms with Crippen molar-refractivity contribution in [2.45, 2.75) is 13.8 Å². The summed E-state index contributed by atoms with van der Waals surface area (Å²) in [4.78, 5) is 23.1. The normalized spacial score (nSPS) is 10.0. The van der Waals surface area contributed by atoms with E-state index in [0.29, 0.717) is 22.6 Å². The fourth-order valence-electron chi connectivity index (χ4n) is 1.92. The highest BCUT2D eigenvalue weighted by Crippen LogP contribution is 2.19. The number of amides is 2. The Morgan fingerprint density at radius 2 is 1.52 bits per heavy atom. The van der Waals surface area contributed by atoms with E-state index >= 15 is 0 Å². The average molecular weight is 283 g/mol. The number of benzene rings is 2. The number of carbonyl (C=O) groups is 2. The second kappa shape index (κ2) is 6.09. The van der Waals surface area contributed by atoms with Gasteiger partial charge in [-0.05, 0) is 42.8 Å². The summed E-state index contributed by atoms with van der Waals surface area (Å²) in [7, 11) is 0. The average Bonchev–Trinajstić information content (AvgIpc) is 2.43. The zero-order valence-corrected chi connectivity index (χ0v) is 11.9. The molecule has 21 heavy (non-hydrogen) atoms. The smallest absolute Gasteiger partial charge is 0.257 e. The van der Waals surface area contributed by atoms with E-state index in [2.05, 4.69) is 10.6 Å². The minimum atomic E-state index is -0.261. The minimum Gasteiger partial charge on any atom is -0.398 e. The van der Waals surface area contributed by atoms with E-state index in [1.54, 1.807) is 36.4 Å². The van der Waals surface area contributed by atoms with Crippen LogP contribution in [-0.2, 0) is 4.79 Å². The zero-order chi connectivity index (χ0) is 15.4. The van der Waals surface area contributed by atoms with Crippen molar-refractivity contribution in [2.75, 3.05) is 16.4 Å². The molecule has 0 heterocycles. The van der Waals surface area contributed by atoms with Gasteiger partial charge in [0.15, 0.2) is 0 Å². The van der Waals surface area contributed by atoms with Crippen LogP contribution in [0.5, 0.6) is 0 Å². The Kier molecular flexibility index (Phi) is 4.23. The number of anilines is 3. The third-order valence-corrected chi connectivity index (χ3v) is 3.03. The topological polar surface area (TPSA) is 84.2 Å². The zero-order valence-electron chi connectivity index (χ0n) is 11.9. The van der Waals surface area contributed by atoms with Crippen molar-refractivity contribution in [3.8, 4) is 0 Å². The number of carbonyl (C=O) groups excluding carboxylic acids is 2. The van der Waals surface area contributed by atoms with Crippen LogP contribution >= 0.6 is 0 Å². The Balaban J connectivity index is 2.12. The van der Waals surface area contributed by atoms with Crippen molar-refractivity contribution in [1.82, 2.24) is 0 Å². The van der Waals surface area contributed by atoms with Crippen molar-refractivity contribution in [3.05, 3.63) is 53.6 Å². The van der Waals surface area contributed by atoms with E-state index < -0.39 is 0 Å². The molecule has 0 aromatic heterocycles. The third kappa shape index (κ3) is 3.60. The van der Waals surface area contributed by atoms with Crippen LogP contribution in [0.4, 0.5) is 17.1 Å². The summed E-state index contributed by atoms with van der Waals surface area (Å²) in [6.45, 7) is 3.30. The van der Waals surface area contributed by atoms with Crippen LogP contribution in [0.2, 0.25) is 0 Å². The van der Waals surface area contributed by atoms with Gasteiger partial charge in [-0.2, -0.15) is 0 Å². The molecule has 0 saturated heterocycles. The minimum absolute atomic E-state index is 0.140. The highest BCUT2D eigenvalue weighted by Gasteiger charge is 2.11. The number of hydrogen-bond acceptors (Lipinski definition) is 3. The van der Waals surface area contributed by atoms with Gasteiger partial charge in [0.05, 0.1) is 5.56 Å². The van der Waals surface area contributed by atoms with Crippen molar-refractivity contribution in [1.29, 1.82) is 0 Å². The SMILES string of the molecule is CC(=O)Nc1ccc(NC(=O)c2cccc(C)c2N)cc1. The molecule has 0 radical (unpaired) electrons. The molecule has 108 valence electrons. The number of hydrogen-bond donors (Lipinski definition) is 3.